The van der Waals surface area contributed by atoms with Crippen LogP contribution in [0, 0.1) is 0 Å². The molecule has 0 aliphatic carbocycles. The van der Waals surface area contributed by atoms with Crippen molar-refractivity contribution in [3.63, 3.8) is 0 Å². The lowest BCUT2D eigenvalue weighted by molar-refractivity contribution is -0.0114. The van der Waals surface area contributed by atoms with Gasteiger partial charge in [-0.3, -0.25) is 9.69 Å². The summed E-state index contributed by atoms with van der Waals surface area (Å²) in [5.74, 6) is 0. The molecule has 1 N–H and O–H groups in total. The van der Waals surface area contributed by atoms with Gasteiger partial charge >= 0.3 is 6.09 Å². The Morgan fingerprint density at radius 2 is 2.33 bits per heavy atom. The first-order valence-electron chi connectivity index (χ1n) is 8.15. The Labute approximate surface area is 142 Å². The molecule has 8 nitrogen and oxygen atoms in total. The number of aromatic nitrogens is 3. The molecule has 0 saturated carbocycles. The number of rotatable bonds is 3. The Bertz CT molecular complexity index is 847. The van der Waals surface area contributed by atoms with Crippen molar-refractivity contribution < 1.29 is 9.53 Å². The van der Waals surface area contributed by atoms with Crippen LogP contribution in [0.2, 0.25) is 0 Å². The summed E-state index contributed by atoms with van der Waals surface area (Å²) in [6.07, 6.45) is 2.27. The zero-order chi connectivity index (χ0) is 16.7. The van der Waals surface area contributed by atoms with Crippen molar-refractivity contribution in [1.82, 2.24) is 24.8 Å². The highest BCUT2D eigenvalue weighted by molar-refractivity contribution is 7.16. The Morgan fingerprint density at radius 3 is 3.08 bits per heavy atom. The van der Waals surface area contributed by atoms with Crippen LogP contribution in [0.1, 0.15) is 30.5 Å². The molecule has 0 aromatic carbocycles. The molecule has 128 valence electrons. The number of carbonyl (C=O) groups excluding carboxylic acids is 1. The molecule has 0 radical (unpaired) electrons. The highest BCUT2D eigenvalue weighted by Crippen LogP contribution is 2.28. The minimum atomic E-state index is -0.436. The van der Waals surface area contributed by atoms with E-state index < -0.39 is 5.60 Å². The van der Waals surface area contributed by atoms with Crippen LogP contribution in [0.3, 0.4) is 0 Å². The van der Waals surface area contributed by atoms with Crippen molar-refractivity contribution in [2.75, 3.05) is 19.6 Å². The van der Waals surface area contributed by atoms with Crippen LogP contribution < -0.4 is 10.9 Å². The minimum absolute atomic E-state index is 0.147. The Morgan fingerprint density at radius 1 is 1.46 bits per heavy atom. The second-order valence-corrected chi connectivity index (χ2v) is 7.41. The lowest BCUT2D eigenvalue weighted by Gasteiger charge is -2.37. The number of likely N-dealkylation sites (tertiary alicyclic amines) is 1. The zero-order valence-corrected chi connectivity index (χ0v) is 14.3. The fourth-order valence-electron chi connectivity index (χ4n) is 3.40. The third-order valence-electron chi connectivity index (χ3n) is 4.51. The van der Waals surface area contributed by atoms with Gasteiger partial charge in [-0.15, -0.1) is 0 Å². The number of hydrogen-bond acceptors (Lipinski definition) is 7. The van der Waals surface area contributed by atoms with Crippen molar-refractivity contribution in [3.8, 4) is 0 Å². The number of carbonyl (C=O) groups is 1. The van der Waals surface area contributed by atoms with Crippen molar-refractivity contribution >= 4 is 22.4 Å². The number of piperidine rings is 1. The standard InChI is InChI=1S/C15H19N5O3S/c1-2-11-18-20-12(21)6-10(17-13(20)24-11)7-19-5-3-4-15(9-19)8-16-14(22)23-15/h6H,2-5,7-9H2,1H3,(H,16,22)/t15-/m1/s1. The van der Waals surface area contributed by atoms with Gasteiger partial charge in [0.25, 0.3) is 5.56 Å². The summed E-state index contributed by atoms with van der Waals surface area (Å²) >= 11 is 1.45. The van der Waals surface area contributed by atoms with Gasteiger partial charge in [0, 0.05) is 19.2 Å². The molecule has 0 unspecified atom stereocenters. The van der Waals surface area contributed by atoms with Crippen LogP contribution in [0.15, 0.2) is 10.9 Å². The van der Waals surface area contributed by atoms with E-state index in [1.54, 1.807) is 6.07 Å². The molecular formula is C15H19N5O3S. The van der Waals surface area contributed by atoms with Gasteiger partial charge in [0.2, 0.25) is 4.96 Å². The van der Waals surface area contributed by atoms with E-state index in [0.29, 0.717) is 24.6 Å². The summed E-state index contributed by atoms with van der Waals surface area (Å²) in [7, 11) is 0. The Kier molecular flexibility index (Phi) is 3.76. The number of ether oxygens (including phenoxy) is 1. The van der Waals surface area contributed by atoms with E-state index in [1.807, 2.05) is 6.92 Å². The summed E-state index contributed by atoms with van der Waals surface area (Å²) in [5.41, 5.74) is 0.154. The first-order valence-corrected chi connectivity index (χ1v) is 8.96. The molecule has 24 heavy (non-hydrogen) atoms. The van der Waals surface area contributed by atoms with Gasteiger partial charge in [0.05, 0.1) is 12.2 Å². The number of nitrogens with zero attached hydrogens (tertiary/aromatic N) is 4. The summed E-state index contributed by atoms with van der Waals surface area (Å²) in [6, 6.07) is 1.55. The number of nitrogens with one attached hydrogen (secondary N) is 1. The third kappa shape index (κ3) is 2.78. The molecule has 2 aliphatic rings. The van der Waals surface area contributed by atoms with Crippen molar-refractivity contribution in [2.24, 2.45) is 0 Å². The fourth-order valence-corrected chi connectivity index (χ4v) is 4.26. The van der Waals surface area contributed by atoms with Gasteiger partial charge < -0.3 is 10.1 Å². The maximum Gasteiger partial charge on any atom is 0.407 e. The average Bonchev–Trinajstić information content (AvgIpc) is 3.11. The number of fused-ring (bicyclic) bond motifs is 1. The highest BCUT2D eigenvalue weighted by atomic mass is 32.1. The largest absolute Gasteiger partial charge is 0.440 e. The summed E-state index contributed by atoms with van der Waals surface area (Å²) < 4.78 is 6.85. The molecule has 2 fully saturated rings. The Balaban J connectivity index is 1.55. The quantitative estimate of drug-likeness (QED) is 0.881. The van der Waals surface area contributed by atoms with E-state index >= 15 is 0 Å². The van der Waals surface area contributed by atoms with Gasteiger partial charge in [-0.25, -0.2) is 9.78 Å². The molecule has 4 rings (SSSR count). The van der Waals surface area contributed by atoms with Crippen LogP contribution in [0.4, 0.5) is 4.79 Å². The third-order valence-corrected chi connectivity index (χ3v) is 5.56. The van der Waals surface area contributed by atoms with E-state index in [9.17, 15) is 9.59 Å². The molecule has 1 atom stereocenters. The van der Waals surface area contributed by atoms with Gasteiger partial charge in [-0.1, -0.05) is 18.3 Å². The van der Waals surface area contributed by atoms with Crippen molar-refractivity contribution in [2.45, 2.75) is 38.3 Å². The lowest BCUT2D eigenvalue weighted by atomic mass is 9.93. The van der Waals surface area contributed by atoms with Gasteiger partial charge in [-0.2, -0.15) is 9.61 Å². The summed E-state index contributed by atoms with van der Waals surface area (Å²) in [6.45, 7) is 4.70. The smallest absolute Gasteiger partial charge is 0.407 e. The van der Waals surface area contributed by atoms with Crippen LogP contribution >= 0.6 is 11.3 Å². The fraction of sp³-hybridized carbons (Fsp3) is 0.600. The molecule has 2 saturated heterocycles. The maximum absolute atomic E-state index is 12.2. The van der Waals surface area contributed by atoms with Crippen molar-refractivity contribution in [3.05, 3.63) is 27.1 Å². The second kappa shape index (κ2) is 5.82. The van der Waals surface area contributed by atoms with Gasteiger partial charge in [-0.05, 0) is 25.8 Å². The molecular weight excluding hydrogens is 330 g/mol. The number of amides is 1. The van der Waals surface area contributed by atoms with E-state index in [1.165, 1.54) is 15.9 Å². The number of alkyl carbamates (subject to hydrolysis) is 1. The SMILES string of the molecule is CCc1nn2c(=O)cc(CN3CCC[C@@]4(CNC(=O)O4)C3)nc2s1. The van der Waals surface area contributed by atoms with E-state index in [0.717, 1.165) is 36.5 Å². The van der Waals surface area contributed by atoms with Gasteiger partial charge in [0.15, 0.2) is 0 Å². The first-order chi connectivity index (χ1) is 11.6. The first kappa shape index (κ1) is 15.5. The predicted molar refractivity (Wildman–Crippen MR) is 88.2 cm³/mol. The van der Waals surface area contributed by atoms with Crippen molar-refractivity contribution in [1.29, 1.82) is 0 Å². The molecule has 2 aliphatic heterocycles. The topological polar surface area (TPSA) is 88.8 Å². The minimum Gasteiger partial charge on any atom is -0.440 e. The molecule has 4 heterocycles. The Hall–Kier alpha value is -2.00. The van der Waals surface area contributed by atoms with E-state index in [-0.39, 0.29) is 11.7 Å². The number of aryl methyl sites for hydroxylation is 1. The van der Waals surface area contributed by atoms with Gasteiger partial charge in [0.1, 0.15) is 10.6 Å². The molecule has 1 amide bonds. The molecule has 2 aromatic heterocycles. The lowest BCUT2D eigenvalue weighted by Crippen LogP contribution is -2.50. The van der Waals surface area contributed by atoms with Crippen LogP contribution in [0.5, 0.6) is 0 Å². The van der Waals surface area contributed by atoms with Crippen LogP contribution in [-0.4, -0.2) is 50.8 Å². The normalized spacial score (nSPS) is 24.5. The monoisotopic (exact) mass is 349 g/mol. The highest BCUT2D eigenvalue weighted by Gasteiger charge is 2.43. The summed E-state index contributed by atoms with van der Waals surface area (Å²) in [4.78, 5) is 31.0. The molecule has 9 heteroatoms. The molecule has 1 spiro atoms. The van der Waals surface area contributed by atoms with E-state index in [4.69, 9.17) is 4.74 Å². The molecule has 2 aromatic rings. The van der Waals surface area contributed by atoms with E-state index in [2.05, 4.69) is 20.3 Å². The second-order valence-electron chi connectivity index (χ2n) is 6.37. The predicted octanol–water partition coefficient (Wildman–Crippen LogP) is 0.788. The average molecular weight is 349 g/mol. The number of hydrogen-bond donors (Lipinski definition) is 1. The maximum atomic E-state index is 12.2. The zero-order valence-electron chi connectivity index (χ0n) is 13.4. The molecule has 0 bridgehead atoms. The van der Waals surface area contributed by atoms with Crippen LogP contribution in [0.25, 0.3) is 4.96 Å². The summed E-state index contributed by atoms with van der Waals surface area (Å²) in [5, 5.41) is 7.91. The van der Waals surface area contributed by atoms with Crippen LogP contribution in [-0.2, 0) is 17.7 Å².